The highest BCUT2D eigenvalue weighted by Gasteiger charge is 1.96. The molecule has 6 heteroatoms. The number of hydrogen-bond donors (Lipinski definition) is 2. The van der Waals surface area contributed by atoms with Crippen LogP contribution in [0.5, 0.6) is 0 Å². The molecule has 0 saturated carbocycles. The van der Waals surface area contributed by atoms with Crippen molar-refractivity contribution in [2.45, 2.75) is 121 Å². The number of aliphatic hydroxyl groups excluding tert-OH is 2. The standard InChI is InChI=1S/2C5H12O2.C4H10O2.4C2H6/c1-4-5(6-2)7-3;1-3-4-5(6)7-2;1-3-4(5)6-2;4*1-2/h5H,4H2,1-3H3;5-6H,3-4H2,1-2H3;4-5H,3H2,1-2H3;4*1-2H3. The van der Waals surface area contributed by atoms with Crippen molar-refractivity contribution in [2.75, 3.05) is 28.4 Å². The first-order valence-corrected chi connectivity index (χ1v) is 10.9. The number of hydrogen-bond acceptors (Lipinski definition) is 6. The van der Waals surface area contributed by atoms with Crippen LogP contribution in [0.3, 0.4) is 0 Å². The van der Waals surface area contributed by atoms with E-state index in [1.165, 1.54) is 14.2 Å². The summed E-state index contributed by atoms with van der Waals surface area (Å²) in [5.41, 5.74) is 0. The van der Waals surface area contributed by atoms with Crippen molar-refractivity contribution in [1.82, 2.24) is 0 Å². The van der Waals surface area contributed by atoms with Crippen LogP contribution in [-0.2, 0) is 18.9 Å². The van der Waals surface area contributed by atoms with Gasteiger partial charge in [-0.3, -0.25) is 0 Å². The third kappa shape index (κ3) is 72.5. The lowest BCUT2D eigenvalue weighted by Gasteiger charge is -2.08. The van der Waals surface area contributed by atoms with Gasteiger partial charge in [0, 0.05) is 28.4 Å². The van der Waals surface area contributed by atoms with Crippen LogP contribution in [-0.4, -0.2) is 57.5 Å². The maximum absolute atomic E-state index is 8.64. The van der Waals surface area contributed by atoms with Crippen molar-refractivity contribution < 1.29 is 29.2 Å². The molecule has 2 atom stereocenters. The molecule has 28 heavy (non-hydrogen) atoms. The van der Waals surface area contributed by atoms with E-state index in [4.69, 9.17) is 19.7 Å². The fourth-order valence-electron chi connectivity index (χ4n) is 0.961. The Kier molecular flexibility index (Phi) is 104. The highest BCUT2D eigenvalue weighted by molar-refractivity contribution is 4.34. The summed E-state index contributed by atoms with van der Waals surface area (Å²) in [4.78, 5) is 0. The second kappa shape index (κ2) is 63.2. The Hall–Kier alpha value is -0.240. The lowest BCUT2D eigenvalue weighted by Crippen LogP contribution is -2.10. The molecule has 0 fully saturated rings. The largest absolute Gasteiger partial charge is 0.368 e. The number of aliphatic hydroxyl groups is 2. The van der Waals surface area contributed by atoms with Crippen molar-refractivity contribution in [2.24, 2.45) is 0 Å². The summed E-state index contributed by atoms with van der Waals surface area (Å²) in [7, 11) is 6.25. The monoisotopic (exact) mass is 418 g/mol. The van der Waals surface area contributed by atoms with E-state index < -0.39 is 12.6 Å². The van der Waals surface area contributed by atoms with E-state index >= 15 is 0 Å². The molecular formula is C22H58O6. The minimum absolute atomic E-state index is 0.0139. The average molecular weight is 419 g/mol. The summed E-state index contributed by atoms with van der Waals surface area (Å²) in [6.45, 7) is 21.9. The molecule has 2 N–H and O–H groups in total. The summed E-state index contributed by atoms with van der Waals surface area (Å²) >= 11 is 0. The van der Waals surface area contributed by atoms with E-state index in [1.807, 2.05) is 76.2 Å². The van der Waals surface area contributed by atoms with Gasteiger partial charge in [0.15, 0.2) is 18.9 Å². The Labute approximate surface area is 178 Å². The van der Waals surface area contributed by atoms with E-state index in [2.05, 4.69) is 9.47 Å². The Balaban J connectivity index is -0.0000000400. The van der Waals surface area contributed by atoms with Gasteiger partial charge in [0.05, 0.1) is 0 Å². The molecule has 0 aromatic carbocycles. The Morgan fingerprint density at radius 3 is 0.893 bits per heavy atom. The van der Waals surface area contributed by atoms with Crippen LogP contribution >= 0.6 is 0 Å². The highest BCUT2D eigenvalue weighted by Crippen LogP contribution is 1.94. The van der Waals surface area contributed by atoms with Crippen molar-refractivity contribution in [3.05, 3.63) is 0 Å². The quantitative estimate of drug-likeness (QED) is 0.455. The second-order valence-electron chi connectivity index (χ2n) is 3.89. The molecule has 0 aromatic rings. The van der Waals surface area contributed by atoms with Crippen LogP contribution in [0, 0.1) is 0 Å². The maximum Gasteiger partial charge on any atom is 0.156 e. The summed E-state index contributed by atoms with van der Waals surface area (Å²) in [5.74, 6) is 0. The lowest BCUT2D eigenvalue weighted by molar-refractivity contribution is -0.103. The van der Waals surface area contributed by atoms with Crippen LogP contribution in [0.1, 0.15) is 102 Å². The Morgan fingerprint density at radius 1 is 0.536 bits per heavy atom. The van der Waals surface area contributed by atoms with Crippen molar-refractivity contribution >= 4 is 0 Å². The van der Waals surface area contributed by atoms with Gasteiger partial charge in [-0.25, -0.2) is 0 Å². The first-order chi connectivity index (χ1) is 13.5. The first kappa shape index (κ1) is 46.1. The van der Waals surface area contributed by atoms with E-state index in [0.29, 0.717) is 6.42 Å². The van der Waals surface area contributed by atoms with Gasteiger partial charge in [0.25, 0.3) is 0 Å². The van der Waals surface area contributed by atoms with E-state index in [1.54, 1.807) is 14.2 Å². The molecule has 2 unspecified atom stereocenters. The van der Waals surface area contributed by atoms with Crippen LogP contribution in [0.25, 0.3) is 0 Å². The molecule has 182 valence electrons. The second-order valence-corrected chi connectivity index (χ2v) is 3.89. The van der Waals surface area contributed by atoms with Gasteiger partial charge in [-0.15, -0.1) is 0 Å². The van der Waals surface area contributed by atoms with E-state index in [9.17, 15) is 0 Å². The number of ether oxygens (including phenoxy) is 4. The SMILES string of the molecule is CC.CC.CC.CC.CCC(O)OC.CCC(OC)OC.CCCC(O)OC. The number of rotatable bonds is 8. The van der Waals surface area contributed by atoms with Gasteiger partial charge >= 0.3 is 0 Å². The predicted octanol–water partition coefficient (Wildman–Crippen LogP) is 6.23. The van der Waals surface area contributed by atoms with Crippen molar-refractivity contribution in [3.63, 3.8) is 0 Å². The molecule has 0 aromatic heterocycles. The molecule has 0 rings (SSSR count). The van der Waals surface area contributed by atoms with Gasteiger partial charge in [0.1, 0.15) is 0 Å². The molecule has 6 nitrogen and oxygen atoms in total. The summed E-state index contributed by atoms with van der Waals surface area (Å²) < 4.78 is 18.7. The molecule has 0 saturated heterocycles. The average Bonchev–Trinajstić information content (AvgIpc) is 2.80. The predicted molar refractivity (Wildman–Crippen MR) is 125 cm³/mol. The van der Waals surface area contributed by atoms with E-state index in [0.717, 1.165) is 19.3 Å². The molecule has 0 amide bonds. The fourth-order valence-corrected chi connectivity index (χ4v) is 0.961. The van der Waals surface area contributed by atoms with Crippen LogP contribution < -0.4 is 0 Å². The summed E-state index contributed by atoms with van der Waals surface area (Å²) in [6.07, 6.45) is 2.14. The van der Waals surface area contributed by atoms with Crippen LogP contribution in [0.4, 0.5) is 0 Å². The Bertz CT molecular complexity index is 146. The van der Waals surface area contributed by atoms with Gasteiger partial charge in [0.2, 0.25) is 0 Å². The topological polar surface area (TPSA) is 77.4 Å². The molecule has 0 radical (unpaired) electrons. The number of methoxy groups -OCH3 is 4. The van der Waals surface area contributed by atoms with Gasteiger partial charge < -0.3 is 29.2 Å². The minimum atomic E-state index is -0.565. The maximum atomic E-state index is 8.64. The first-order valence-electron chi connectivity index (χ1n) is 10.9. The molecule has 0 aliphatic carbocycles. The Morgan fingerprint density at radius 2 is 0.857 bits per heavy atom. The highest BCUT2D eigenvalue weighted by atomic mass is 16.7. The van der Waals surface area contributed by atoms with Crippen molar-refractivity contribution in [3.8, 4) is 0 Å². The molecular weight excluding hydrogens is 360 g/mol. The van der Waals surface area contributed by atoms with Gasteiger partial charge in [-0.1, -0.05) is 82.6 Å². The van der Waals surface area contributed by atoms with Gasteiger partial charge in [-0.2, -0.15) is 0 Å². The molecule has 0 aliphatic heterocycles. The third-order valence-electron chi connectivity index (χ3n) is 2.29. The normalized spacial score (nSPS) is 10.1. The summed E-state index contributed by atoms with van der Waals surface area (Å²) in [6, 6.07) is 0. The molecule has 0 bridgehead atoms. The van der Waals surface area contributed by atoms with Gasteiger partial charge in [-0.05, 0) is 19.3 Å². The van der Waals surface area contributed by atoms with Crippen molar-refractivity contribution in [1.29, 1.82) is 0 Å². The zero-order valence-electron chi connectivity index (χ0n) is 22.1. The molecule has 0 heterocycles. The smallest absolute Gasteiger partial charge is 0.156 e. The lowest BCUT2D eigenvalue weighted by atomic mass is 10.3. The van der Waals surface area contributed by atoms with Crippen LogP contribution in [0.2, 0.25) is 0 Å². The zero-order chi connectivity index (χ0) is 24.4. The fraction of sp³-hybridized carbons (Fsp3) is 1.00. The van der Waals surface area contributed by atoms with E-state index in [-0.39, 0.29) is 6.29 Å². The van der Waals surface area contributed by atoms with Crippen LogP contribution in [0.15, 0.2) is 0 Å². The molecule has 0 aliphatic rings. The zero-order valence-corrected chi connectivity index (χ0v) is 22.1. The molecule has 0 spiro atoms. The minimum Gasteiger partial charge on any atom is -0.368 e. The summed E-state index contributed by atoms with van der Waals surface area (Å²) in [5, 5.41) is 17.1. The third-order valence-corrected chi connectivity index (χ3v) is 2.29.